The first-order chi connectivity index (χ1) is 11.2. The quantitative estimate of drug-likeness (QED) is 0.829. The molecule has 1 fully saturated rings. The van der Waals surface area contributed by atoms with Gasteiger partial charge in [-0.05, 0) is 43.3 Å². The summed E-state index contributed by atoms with van der Waals surface area (Å²) in [5.74, 6) is 0.333. The maximum atomic E-state index is 12.5. The molecule has 0 aromatic carbocycles. The van der Waals surface area contributed by atoms with Gasteiger partial charge in [0.15, 0.2) is 0 Å². The highest BCUT2D eigenvalue weighted by Crippen LogP contribution is 2.25. The molecule has 1 saturated carbocycles. The van der Waals surface area contributed by atoms with Crippen molar-refractivity contribution >= 4 is 17.2 Å². The lowest BCUT2D eigenvalue weighted by Crippen LogP contribution is -2.39. The van der Waals surface area contributed by atoms with Gasteiger partial charge in [0.2, 0.25) is 5.91 Å². The Hall–Kier alpha value is -0.870. The van der Waals surface area contributed by atoms with Crippen LogP contribution in [0.15, 0.2) is 11.4 Å². The molecule has 23 heavy (non-hydrogen) atoms. The van der Waals surface area contributed by atoms with E-state index < -0.39 is 0 Å². The summed E-state index contributed by atoms with van der Waals surface area (Å²) in [6.07, 6.45) is 11.2. The van der Waals surface area contributed by atoms with Crippen LogP contribution in [-0.4, -0.2) is 41.9 Å². The molecule has 1 aliphatic heterocycles. The van der Waals surface area contributed by atoms with Crippen LogP contribution in [0.2, 0.25) is 0 Å². The van der Waals surface area contributed by atoms with Gasteiger partial charge in [-0.2, -0.15) is 0 Å². The second kappa shape index (κ2) is 8.29. The van der Waals surface area contributed by atoms with Gasteiger partial charge in [0.05, 0.1) is 0 Å². The van der Waals surface area contributed by atoms with Crippen molar-refractivity contribution in [3.63, 3.8) is 0 Å². The van der Waals surface area contributed by atoms with E-state index in [1.807, 2.05) is 11.3 Å². The number of hydrogen-bond donors (Lipinski definition) is 0. The topological polar surface area (TPSA) is 23.6 Å². The summed E-state index contributed by atoms with van der Waals surface area (Å²) >= 11 is 1.83. The molecule has 3 rings (SSSR count). The number of carbonyl (C=O) groups is 1. The fourth-order valence-corrected chi connectivity index (χ4v) is 4.84. The minimum atomic E-state index is 0.333. The van der Waals surface area contributed by atoms with Crippen LogP contribution in [0.25, 0.3) is 0 Å². The number of thiophene rings is 1. The zero-order valence-corrected chi connectivity index (χ0v) is 15.2. The van der Waals surface area contributed by atoms with Gasteiger partial charge in [0.25, 0.3) is 0 Å². The molecule has 0 spiro atoms. The van der Waals surface area contributed by atoms with Crippen LogP contribution < -0.4 is 0 Å². The normalized spacial score (nSPS) is 20.2. The number of nitrogens with zero attached hydrogens (tertiary/aromatic N) is 2. The number of amides is 1. The molecule has 0 radical (unpaired) electrons. The predicted octanol–water partition coefficient (Wildman–Crippen LogP) is 4.07. The van der Waals surface area contributed by atoms with Crippen molar-refractivity contribution in [3.05, 3.63) is 21.9 Å². The Kier molecular flexibility index (Phi) is 6.12. The summed E-state index contributed by atoms with van der Waals surface area (Å²) in [5.41, 5.74) is 1.36. The highest BCUT2D eigenvalue weighted by Gasteiger charge is 2.22. The molecule has 128 valence electrons. The third-order valence-corrected chi connectivity index (χ3v) is 6.56. The molecule has 4 heteroatoms. The van der Waals surface area contributed by atoms with E-state index in [-0.39, 0.29) is 0 Å². The van der Waals surface area contributed by atoms with Crippen molar-refractivity contribution in [2.24, 2.45) is 0 Å². The second-order valence-corrected chi connectivity index (χ2v) is 8.16. The number of rotatable bonds is 4. The van der Waals surface area contributed by atoms with Gasteiger partial charge in [0.1, 0.15) is 0 Å². The van der Waals surface area contributed by atoms with Gasteiger partial charge in [-0.25, -0.2) is 0 Å². The van der Waals surface area contributed by atoms with Gasteiger partial charge < -0.3 is 9.80 Å². The number of hydrogen-bond acceptors (Lipinski definition) is 3. The van der Waals surface area contributed by atoms with Crippen LogP contribution in [0.5, 0.6) is 0 Å². The molecule has 2 aliphatic rings. The van der Waals surface area contributed by atoms with E-state index in [0.717, 1.165) is 26.1 Å². The van der Waals surface area contributed by atoms with E-state index >= 15 is 0 Å². The molecular weight excluding hydrogens is 304 g/mol. The van der Waals surface area contributed by atoms with E-state index in [9.17, 15) is 4.79 Å². The molecular formula is C19H30N2OS. The van der Waals surface area contributed by atoms with Gasteiger partial charge >= 0.3 is 0 Å². The Morgan fingerprint density at radius 1 is 1.26 bits per heavy atom. The van der Waals surface area contributed by atoms with E-state index in [4.69, 9.17) is 0 Å². The molecule has 1 amide bonds. The summed E-state index contributed by atoms with van der Waals surface area (Å²) in [5, 5.41) is 2.15. The summed E-state index contributed by atoms with van der Waals surface area (Å²) in [4.78, 5) is 18.5. The Bertz CT molecular complexity index is 505. The minimum absolute atomic E-state index is 0.333. The van der Waals surface area contributed by atoms with Crippen LogP contribution in [0.3, 0.4) is 0 Å². The van der Waals surface area contributed by atoms with Crippen LogP contribution in [0, 0.1) is 0 Å². The fraction of sp³-hybridized carbons (Fsp3) is 0.737. The molecule has 2 heterocycles. The number of fused-ring (bicyclic) bond motifs is 1. The van der Waals surface area contributed by atoms with Crippen molar-refractivity contribution in [2.75, 3.05) is 20.1 Å². The molecule has 1 aromatic rings. The molecule has 0 unspecified atom stereocenters. The van der Waals surface area contributed by atoms with E-state index in [1.54, 1.807) is 0 Å². The van der Waals surface area contributed by atoms with Crippen LogP contribution in [0.4, 0.5) is 0 Å². The monoisotopic (exact) mass is 334 g/mol. The third-order valence-electron chi connectivity index (χ3n) is 5.54. The molecule has 0 atom stereocenters. The summed E-state index contributed by atoms with van der Waals surface area (Å²) in [6, 6.07) is 2.87. The highest BCUT2D eigenvalue weighted by atomic mass is 32.1. The Morgan fingerprint density at radius 3 is 2.78 bits per heavy atom. The SMILES string of the molecule is CN(CCC(=O)N1CCc2sccc2C1)C1CCCCCCC1. The lowest BCUT2D eigenvalue weighted by molar-refractivity contribution is -0.132. The lowest BCUT2D eigenvalue weighted by Gasteiger charge is -2.31. The third kappa shape index (κ3) is 4.57. The zero-order chi connectivity index (χ0) is 16.1. The summed E-state index contributed by atoms with van der Waals surface area (Å²) in [7, 11) is 2.22. The summed E-state index contributed by atoms with van der Waals surface area (Å²) in [6.45, 7) is 2.64. The highest BCUT2D eigenvalue weighted by molar-refractivity contribution is 7.10. The Balaban J connectivity index is 1.45. The molecule has 3 nitrogen and oxygen atoms in total. The van der Waals surface area contributed by atoms with Gasteiger partial charge in [-0.1, -0.05) is 32.1 Å². The maximum absolute atomic E-state index is 12.5. The minimum Gasteiger partial charge on any atom is -0.338 e. The first-order valence-corrected chi connectivity index (χ1v) is 10.2. The van der Waals surface area contributed by atoms with E-state index in [0.29, 0.717) is 18.4 Å². The van der Waals surface area contributed by atoms with Crippen LogP contribution >= 0.6 is 11.3 Å². The van der Waals surface area contributed by atoms with Crippen LogP contribution in [-0.2, 0) is 17.8 Å². The van der Waals surface area contributed by atoms with Gasteiger partial charge in [-0.3, -0.25) is 4.79 Å². The summed E-state index contributed by atoms with van der Waals surface area (Å²) < 4.78 is 0. The fourth-order valence-electron chi connectivity index (χ4n) is 3.95. The first kappa shape index (κ1) is 17.0. The van der Waals surface area contributed by atoms with Crippen molar-refractivity contribution in [2.45, 2.75) is 70.4 Å². The largest absolute Gasteiger partial charge is 0.338 e. The molecule has 0 N–H and O–H groups in total. The van der Waals surface area contributed by atoms with Crippen LogP contribution in [0.1, 0.15) is 61.8 Å². The van der Waals surface area contributed by atoms with Gasteiger partial charge in [0, 0.05) is 37.0 Å². The van der Waals surface area contributed by atoms with Crippen molar-refractivity contribution in [1.82, 2.24) is 9.80 Å². The number of carbonyl (C=O) groups excluding carboxylic acids is 1. The maximum Gasteiger partial charge on any atom is 0.224 e. The molecule has 0 saturated heterocycles. The smallest absolute Gasteiger partial charge is 0.224 e. The van der Waals surface area contributed by atoms with E-state index in [1.165, 1.54) is 55.4 Å². The van der Waals surface area contributed by atoms with Crippen molar-refractivity contribution in [1.29, 1.82) is 0 Å². The van der Waals surface area contributed by atoms with Gasteiger partial charge in [-0.15, -0.1) is 11.3 Å². The molecule has 0 bridgehead atoms. The zero-order valence-electron chi connectivity index (χ0n) is 14.4. The Morgan fingerprint density at radius 2 is 2.00 bits per heavy atom. The van der Waals surface area contributed by atoms with Crippen molar-refractivity contribution in [3.8, 4) is 0 Å². The average Bonchev–Trinajstić information content (AvgIpc) is 2.99. The first-order valence-electron chi connectivity index (χ1n) is 9.27. The Labute approximate surface area is 144 Å². The molecule has 1 aromatic heterocycles. The molecule has 1 aliphatic carbocycles. The standard InChI is InChI=1S/C19H30N2OS/c1-20(17-7-5-3-2-4-6-8-17)12-10-19(22)21-13-9-18-16(15-21)11-14-23-18/h11,14,17H,2-10,12-13,15H2,1H3. The predicted molar refractivity (Wildman–Crippen MR) is 96.8 cm³/mol. The second-order valence-electron chi connectivity index (χ2n) is 7.16. The average molecular weight is 335 g/mol. The van der Waals surface area contributed by atoms with E-state index in [2.05, 4.69) is 28.3 Å². The lowest BCUT2D eigenvalue weighted by atomic mass is 9.96. The van der Waals surface area contributed by atoms with Crippen molar-refractivity contribution < 1.29 is 4.79 Å².